The molecule has 0 N–H and O–H groups in total. The summed E-state index contributed by atoms with van der Waals surface area (Å²) in [7, 11) is 0. The summed E-state index contributed by atoms with van der Waals surface area (Å²) in [5.74, 6) is 0.670. The van der Waals surface area contributed by atoms with E-state index in [1.807, 2.05) is 30.3 Å². The number of rotatable bonds is 6. The summed E-state index contributed by atoms with van der Waals surface area (Å²) < 4.78 is 11.3. The fraction of sp³-hybridized carbons (Fsp3) is 0.231. The molecule has 3 aromatic carbocycles. The molecule has 0 bridgehead atoms. The van der Waals surface area contributed by atoms with Crippen molar-refractivity contribution in [3.63, 3.8) is 0 Å². The summed E-state index contributed by atoms with van der Waals surface area (Å²) in [4.78, 5) is 27.0. The van der Waals surface area contributed by atoms with Crippen molar-refractivity contribution in [1.29, 1.82) is 0 Å². The maximum Gasteiger partial charge on any atom is 0.314 e. The molecule has 1 fully saturated rings. The van der Waals surface area contributed by atoms with E-state index >= 15 is 0 Å². The summed E-state index contributed by atoms with van der Waals surface area (Å²) in [6.07, 6.45) is 1.16. The molecule has 0 spiro atoms. The summed E-state index contributed by atoms with van der Waals surface area (Å²) in [5, 5.41) is 0.596. The number of nitrogens with zero attached hydrogens (tertiary/aromatic N) is 1. The fourth-order valence-corrected chi connectivity index (χ4v) is 3.76. The van der Waals surface area contributed by atoms with Crippen LogP contribution in [0.5, 0.6) is 11.5 Å². The van der Waals surface area contributed by atoms with Crippen molar-refractivity contribution >= 4 is 23.5 Å². The Morgan fingerprint density at radius 3 is 2.12 bits per heavy atom. The normalized spacial score (nSPS) is 14.1. The highest BCUT2D eigenvalue weighted by Crippen LogP contribution is 2.24. The highest BCUT2D eigenvalue weighted by Gasteiger charge is 2.29. The second-order valence-corrected chi connectivity index (χ2v) is 8.18. The summed E-state index contributed by atoms with van der Waals surface area (Å²) in [5.41, 5.74) is 1.69. The average Bonchev–Trinajstić information content (AvgIpc) is 2.84. The number of hydrogen-bond acceptors (Lipinski definition) is 4. The molecule has 164 valence electrons. The largest absolute Gasteiger partial charge is 0.489 e. The molecular formula is C26H24ClNO4. The van der Waals surface area contributed by atoms with Crippen LogP contribution in [0.2, 0.25) is 5.02 Å². The van der Waals surface area contributed by atoms with Crippen LogP contribution in [-0.2, 0) is 11.4 Å². The molecule has 1 amide bonds. The molecule has 0 unspecified atom stereocenters. The quantitative estimate of drug-likeness (QED) is 0.374. The van der Waals surface area contributed by atoms with Gasteiger partial charge in [0.25, 0.3) is 5.91 Å². The molecular weight excluding hydrogens is 426 g/mol. The van der Waals surface area contributed by atoms with Crippen LogP contribution in [0.15, 0.2) is 78.9 Å². The maximum absolute atomic E-state index is 12.6. The lowest BCUT2D eigenvalue weighted by molar-refractivity contribution is -0.140. The molecule has 6 heteroatoms. The van der Waals surface area contributed by atoms with Gasteiger partial charge in [-0.25, -0.2) is 0 Å². The third-order valence-electron chi connectivity index (χ3n) is 5.50. The van der Waals surface area contributed by atoms with E-state index in [0.717, 1.165) is 5.56 Å². The zero-order chi connectivity index (χ0) is 22.3. The Balaban J connectivity index is 1.24. The van der Waals surface area contributed by atoms with Crippen LogP contribution in [-0.4, -0.2) is 29.9 Å². The Labute approximate surface area is 192 Å². The summed E-state index contributed by atoms with van der Waals surface area (Å²) >= 11 is 5.89. The molecule has 4 rings (SSSR count). The third kappa shape index (κ3) is 5.68. The first kappa shape index (κ1) is 21.9. The Morgan fingerprint density at radius 2 is 1.47 bits per heavy atom. The van der Waals surface area contributed by atoms with Gasteiger partial charge in [-0.05, 0) is 66.9 Å². The van der Waals surface area contributed by atoms with Gasteiger partial charge in [0, 0.05) is 23.7 Å². The van der Waals surface area contributed by atoms with Crippen LogP contribution < -0.4 is 9.47 Å². The topological polar surface area (TPSA) is 55.8 Å². The van der Waals surface area contributed by atoms with Gasteiger partial charge >= 0.3 is 5.97 Å². The van der Waals surface area contributed by atoms with Crippen molar-refractivity contribution in [1.82, 2.24) is 4.90 Å². The van der Waals surface area contributed by atoms with Crippen LogP contribution in [0.4, 0.5) is 0 Å². The first-order valence-corrected chi connectivity index (χ1v) is 11.0. The standard InChI is InChI=1S/C26H24ClNO4/c27-22-8-6-20(7-9-22)25(29)28-16-14-21(15-17-28)26(30)32-24-12-10-23(11-13-24)31-18-19-4-2-1-3-5-19/h1-13,21H,14-18H2. The van der Waals surface area contributed by atoms with Crippen LogP contribution >= 0.6 is 11.6 Å². The van der Waals surface area contributed by atoms with Crippen molar-refractivity contribution in [3.8, 4) is 11.5 Å². The van der Waals surface area contributed by atoms with E-state index in [1.54, 1.807) is 53.4 Å². The fourth-order valence-electron chi connectivity index (χ4n) is 3.64. The number of hydrogen-bond donors (Lipinski definition) is 0. The van der Waals surface area contributed by atoms with Crippen LogP contribution in [0, 0.1) is 5.92 Å². The lowest BCUT2D eigenvalue weighted by atomic mass is 9.96. The molecule has 32 heavy (non-hydrogen) atoms. The van der Waals surface area contributed by atoms with E-state index in [2.05, 4.69) is 0 Å². The smallest absolute Gasteiger partial charge is 0.314 e. The molecule has 1 aliphatic heterocycles. The number of likely N-dealkylation sites (tertiary alicyclic amines) is 1. The van der Waals surface area contributed by atoms with Crippen molar-refractivity contribution in [3.05, 3.63) is 95.0 Å². The van der Waals surface area contributed by atoms with E-state index in [0.29, 0.717) is 54.6 Å². The lowest BCUT2D eigenvalue weighted by Gasteiger charge is -2.31. The number of esters is 1. The predicted octanol–water partition coefficient (Wildman–Crippen LogP) is 5.38. The second kappa shape index (κ2) is 10.3. The van der Waals surface area contributed by atoms with Gasteiger partial charge in [0.1, 0.15) is 18.1 Å². The first-order valence-electron chi connectivity index (χ1n) is 10.6. The van der Waals surface area contributed by atoms with Gasteiger partial charge in [0.2, 0.25) is 0 Å². The minimum absolute atomic E-state index is 0.0421. The minimum Gasteiger partial charge on any atom is -0.489 e. The van der Waals surface area contributed by atoms with Crippen LogP contribution in [0.1, 0.15) is 28.8 Å². The average molecular weight is 450 g/mol. The van der Waals surface area contributed by atoms with Gasteiger partial charge in [0.15, 0.2) is 0 Å². The number of ether oxygens (including phenoxy) is 2. The highest BCUT2D eigenvalue weighted by atomic mass is 35.5. The van der Waals surface area contributed by atoms with Crippen molar-refractivity contribution in [2.24, 2.45) is 5.92 Å². The Morgan fingerprint density at radius 1 is 0.844 bits per heavy atom. The number of amides is 1. The van der Waals surface area contributed by atoms with Crippen LogP contribution in [0.25, 0.3) is 0 Å². The number of benzene rings is 3. The molecule has 0 aliphatic carbocycles. The Bertz CT molecular complexity index is 1040. The van der Waals surface area contributed by atoms with E-state index < -0.39 is 0 Å². The van der Waals surface area contributed by atoms with Gasteiger partial charge in [-0.1, -0.05) is 41.9 Å². The molecule has 5 nitrogen and oxygen atoms in total. The van der Waals surface area contributed by atoms with E-state index in [1.165, 1.54) is 0 Å². The molecule has 1 aliphatic rings. The Hall–Kier alpha value is -3.31. The SMILES string of the molecule is O=C(Oc1ccc(OCc2ccccc2)cc1)C1CCN(C(=O)c2ccc(Cl)cc2)CC1. The third-order valence-corrected chi connectivity index (χ3v) is 5.75. The molecule has 1 heterocycles. The number of halogens is 1. The van der Waals surface area contributed by atoms with Crippen LogP contribution in [0.3, 0.4) is 0 Å². The zero-order valence-electron chi connectivity index (χ0n) is 17.6. The Kier molecular flexibility index (Phi) is 7.07. The van der Waals surface area contributed by atoms with E-state index in [4.69, 9.17) is 21.1 Å². The van der Waals surface area contributed by atoms with E-state index in [-0.39, 0.29) is 17.8 Å². The number of carbonyl (C=O) groups is 2. The lowest BCUT2D eigenvalue weighted by Crippen LogP contribution is -2.41. The molecule has 0 radical (unpaired) electrons. The van der Waals surface area contributed by atoms with Gasteiger partial charge in [0.05, 0.1) is 5.92 Å². The summed E-state index contributed by atoms with van der Waals surface area (Å²) in [6.45, 7) is 1.52. The first-order chi connectivity index (χ1) is 15.6. The van der Waals surface area contributed by atoms with Crippen molar-refractivity contribution in [2.75, 3.05) is 13.1 Å². The molecule has 1 saturated heterocycles. The van der Waals surface area contributed by atoms with E-state index in [9.17, 15) is 9.59 Å². The van der Waals surface area contributed by atoms with Gasteiger partial charge in [-0.15, -0.1) is 0 Å². The molecule has 3 aromatic rings. The highest BCUT2D eigenvalue weighted by molar-refractivity contribution is 6.30. The summed E-state index contributed by atoms with van der Waals surface area (Å²) in [6, 6.07) is 23.8. The second-order valence-electron chi connectivity index (χ2n) is 7.74. The van der Waals surface area contributed by atoms with Crippen molar-refractivity contribution < 1.29 is 19.1 Å². The molecule has 0 aromatic heterocycles. The number of piperidine rings is 1. The van der Waals surface area contributed by atoms with Gasteiger partial charge in [-0.3, -0.25) is 9.59 Å². The van der Waals surface area contributed by atoms with Crippen molar-refractivity contribution in [2.45, 2.75) is 19.4 Å². The maximum atomic E-state index is 12.6. The molecule has 0 atom stereocenters. The molecule has 0 saturated carbocycles. The predicted molar refractivity (Wildman–Crippen MR) is 123 cm³/mol. The van der Waals surface area contributed by atoms with Gasteiger partial charge in [-0.2, -0.15) is 0 Å². The number of carbonyl (C=O) groups excluding carboxylic acids is 2. The monoisotopic (exact) mass is 449 g/mol. The van der Waals surface area contributed by atoms with Gasteiger partial charge < -0.3 is 14.4 Å². The minimum atomic E-state index is -0.262. The zero-order valence-corrected chi connectivity index (χ0v) is 18.3.